The van der Waals surface area contributed by atoms with Crippen molar-refractivity contribution in [1.82, 2.24) is 5.32 Å². The van der Waals surface area contributed by atoms with Crippen molar-refractivity contribution >= 4 is 0 Å². The van der Waals surface area contributed by atoms with Crippen molar-refractivity contribution in [3.8, 4) is 0 Å². The van der Waals surface area contributed by atoms with Crippen LogP contribution in [0.4, 0.5) is 0 Å². The maximum absolute atomic E-state index is 5.61. The van der Waals surface area contributed by atoms with E-state index in [2.05, 4.69) is 39.9 Å². The fourth-order valence-corrected chi connectivity index (χ4v) is 2.02. The Morgan fingerprint density at radius 1 is 1.21 bits per heavy atom. The summed E-state index contributed by atoms with van der Waals surface area (Å²) >= 11 is 0. The van der Waals surface area contributed by atoms with Crippen LogP contribution in [0.1, 0.15) is 41.0 Å². The van der Waals surface area contributed by atoms with E-state index in [0.29, 0.717) is 12.0 Å². The van der Waals surface area contributed by atoms with Gasteiger partial charge >= 0.3 is 0 Å². The zero-order valence-electron chi connectivity index (χ0n) is 10.8. The predicted molar refractivity (Wildman–Crippen MR) is 62.6 cm³/mol. The van der Waals surface area contributed by atoms with E-state index in [4.69, 9.17) is 4.74 Å². The smallest absolute Gasteiger partial charge is 0.0772 e. The number of rotatable bonds is 5. The molecule has 2 heteroatoms. The van der Waals surface area contributed by atoms with E-state index in [1.54, 1.807) is 7.11 Å². The molecule has 0 saturated carbocycles. The van der Waals surface area contributed by atoms with Gasteiger partial charge in [-0.3, -0.25) is 0 Å². The molecule has 0 aliphatic heterocycles. The standard InChI is InChI=1S/C12H27NO/c1-9(2)8-10(13-6)11(14-7)12(3,4)5/h9-11,13H,8H2,1-7H3. The van der Waals surface area contributed by atoms with Crippen LogP contribution in [0.15, 0.2) is 0 Å². The van der Waals surface area contributed by atoms with Crippen molar-refractivity contribution in [2.75, 3.05) is 14.2 Å². The van der Waals surface area contributed by atoms with Gasteiger partial charge in [-0.25, -0.2) is 0 Å². The molecule has 0 fully saturated rings. The van der Waals surface area contributed by atoms with Crippen LogP contribution in [-0.2, 0) is 4.74 Å². The van der Waals surface area contributed by atoms with Crippen molar-refractivity contribution in [2.45, 2.75) is 53.2 Å². The van der Waals surface area contributed by atoms with E-state index in [-0.39, 0.29) is 11.5 Å². The summed E-state index contributed by atoms with van der Waals surface area (Å²) in [7, 11) is 3.82. The highest BCUT2D eigenvalue weighted by molar-refractivity contribution is 4.85. The van der Waals surface area contributed by atoms with Gasteiger partial charge < -0.3 is 10.1 Å². The summed E-state index contributed by atoms with van der Waals surface area (Å²) in [5, 5.41) is 3.37. The lowest BCUT2D eigenvalue weighted by Gasteiger charge is -2.36. The number of ether oxygens (including phenoxy) is 1. The number of hydrogen-bond acceptors (Lipinski definition) is 2. The Morgan fingerprint density at radius 3 is 1.93 bits per heavy atom. The Kier molecular flexibility index (Phi) is 5.68. The quantitative estimate of drug-likeness (QED) is 0.738. The summed E-state index contributed by atoms with van der Waals surface area (Å²) in [5.41, 5.74) is 0.192. The SMILES string of the molecule is CNC(CC(C)C)C(OC)C(C)(C)C. The van der Waals surface area contributed by atoms with Gasteiger partial charge in [-0.05, 0) is 24.8 Å². The Labute approximate surface area is 89.4 Å². The molecule has 1 N–H and O–H groups in total. The second-order valence-corrected chi connectivity index (χ2v) is 5.55. The van der Waals surface area contributed by atoms with Crippen LogP contribution in [0.2, 0.25) is 0 Å². The van der Waals surface area contributed by atoms with Gasteiger partial charge in [0.2, 0.25) is 0 Å². The lowest BCUT2D eigenvalue weighted by molar-refractivity contribution is -0.0140. The Balaban J connectivity index is 4.45. The van der Waals surface area contributed by atoms with Crippen LogP contribution in [0.5, 0.6) is 0 Å². The van der Waals surface area contributed by atoms with Gasteiger partial charge in [-0.2, -0.15) is 0 Å². The topological polar surface area (TPSA) is 21.3 Å². The number of likely N-dealkylation sites (N-methyl/N-ethyl adjacent to an activating group) is 1. The van der Waals surface area contributed by atoms with Crippen LogP contribution in [0.3, 0.4) is 0 Å². The molecule has 0 aromatic rings. The van der Waals surface area contributed by atoms with Crippen LogP contribution in [-0.4, -0.2) is 26.3 Å². The minimum Gasteiger partial charge on any atom is -0.379 e. The first-order valence-corrected chi connectivity index (χ1v) is 5.53. The van der Waals surface area contributed by atoms with Crippen molar-refractivity contribution in [3.05, 3.63) is 0 Å². The van der Waals surface area contributed by atoms with Gasteiger partial charge in [-0.15, -0.1) is 0 Å². The molecule has 0 aliphatic carbocycles. The first-order valence-electron chi connectivity index (χ1n) is 5.53. The summed E-state index contributed by atoms with van der Waals surface area (Å²) in [6.45, 7) is 11.2. The van der Waals surface area contributed by atoms with Gasteiger partial charge in [0.1, 0.15) is 0 Å². The molecule has 14 heavy (non-hydrogen) atoms. The Morgan fingerprint density at radius 2 is 1.71 bits per heavy atom. The fraction of sp³-hybridized carbons (Fsp3) is 1.00. The zero-order valence-corrected chi connectivity index (χ0v) is 10.8. The number of hydrogen-bond donors (Lipinski definition) is 1. The summed E-state index contributed by atoms with van der Waals surface area (Å²) in [6.07, 6.45) is 1.43. The van der Waals surface area contributed by atoms with Gasteiger partial charge in [0, 0.05) is 13.2 Å². The lowest BCUT2D eigenvalue weighted by Crippen LogP contribution is -2.47. The molecule has 0 aromatic heterocycles. The number of nitrogens with one attached hydrogen (secondary N) is 1. The second kappa shape index (κ2) is 5.72. The van der Waals surface area contributed by atoms with Crippen molar-refractivity contribution in [3.63, 3.8) is 0 Å². The summed E-state index contributed by atoms with van der Waals surface area (Å²) in [5.74, 6) is 0.701. The molecule has 2 nitrogen and oxygen atoms in total. The average molecular weight is 201 g/mol. The summed E-state index contributed by atoms with van der Waals surface area (Å²) in [4.78, 5) is 0. The molecule has 0 rings (SSSR count). The van der Waals surface area contributed by atoms with E-state index < -0.39 is 0 Å². The minimum atomic E-state index is 0.192. The predicted octanol–water partition coefficient (Wildman–Crippen LogP) is 2.68. The maximum atomic E-state index is 5.61. The fourth-order valence-electron chi connectivity index (χ4n) is 2.02. The third-order valence-corrected chi connectivity index (χ3v) is 2.57. The summed E-state index contributed by atoms with van der Waals surface area (Å²) < 4.78 is 5.61. The van der Waals surface area contributed by atoms with Crippen molar-refractivity contribution in [1.29, 1.82) is 0 Å². The molecule has 0 bridgehead atoms. The first kappa shape index (κ1) is 13.9. The molecule has 0 amide bonds. The van der Waals surface area contributed by atoms with Crippen molar-refractivity contribution in [2.24, 2.45) is 11.3 Å². The van der Waals surface area contributed by atoms with Gasteiger partial charge in [0.05, 0.1) is 6.10 Å². The molecule has 0 aromatic carbocycles. The number of methoxy groups -OCH3 is 1. The van der Waals surface area contributed by atoms with E-state index in [1.165, 1.54) is 0 Å². The molecule has 0 heterocycles. The van der Waals surface area contributed by atoms with Crippen LogP contribution < -0.4 is 5.32 Å². The molecule has 0 aliphatic rings. The molecule has 0 saturated heterocycles. The molecule has 2 unspecified atom stereocenters. The normalized spacial score (nSPS) is 17.1. The molecular weight excluding hydrogens is 174 g/mol. The minimum absolute atomic E-state index is 0.192. The maximum Gasteiger partial charge on any atom is 0.0772 e. The monoisotopic (exact) mass is 201 g/mol. The van der Waals surface area contributed by atoms with E-state index in [1.807, 2.05) is 7.05 Å². The van der Waals surface area contributed by atoms with Gasteiger partial charge in [0.25, 0.3) is 0 Å². The third-order valence-electron chi connectivity index (χ3n) is 2.57. The van der Waals surface area contributed by atoms with Crippen LogP contribution >= 0.6 is 0 Å². The van der Waals surface area contributed by atoms with Crippen LogP contribution in [0.25, 0.3) is 0 Å². The molecular formula is C12H27NO. The van der Waals surface area contributed by atoms with Gasteiger partial charge in [0.15, 0.2) is 0 Å². The van der Waals surface area contributed by atoms with E-state index in [0.717, 1.165) is 6.42 Å². The highest BCUT2D eigenvalue weighted by Gasteiger charge is 2.31. The highest BCUT2D eigenvalue weighted by Crippen LogP contribution is 2.27. The van der Waals surface area contributed by atoms with Gasteiger partial charge in [-0.1, -0.05) is 34.6 Å². The molecule has 86 valence electrons. The molecule has 2 atom stereocenters. The third kappa shape index (κ3) is 4.43. The molecule has 0 radical (unpaired) electrons. The highest BCUT2D eigenvalue weighted by atomic mass is 16.5. The lowest BCUT2D eigenvalue weighted by atomic mass is 9.82. The average Bonchev–Trinajstić information content (AvgIpc) is 2.00. The summed E-state index contributed by atoms with van der Waals surface area (Å²) in [6, 6.07) is 0.444. The van der Waals surface area contributed by atoms with E-state index >= 15 is 0 Å². The second-order valence-electron chi connectivity index (χ2n) is 5.55. The van der Waals surface area contributed by atoms with Crippen LogP contribution in [0, 0.1) is 11.3 Å². The van der Waals surface area contributed by atoms with E-state index in [9.17, 15) is 0 Å². The Hall–Kier alpha value is -0.0800. The molecule has 0 spiro atoms. The zero-order chi connectivity index (χ0) is 11.4. The first-order chi connectivity index (χ1) is 6.32. The Bertz CT molecular complexity index is 149. The van der Waals surface area contributed by atoms with Crippen molar-refractivity contribution < 1.29 is 4.74 Å². The largest absolute Gasteiger partial charge is 0.379 e.